The van der Waals surface area contributed by atoms with Crippen molar-refractivity contribution in [1.29, 1.82) is 0 Å². The molecular formula is C12H13NO5. The maximum Gasteiger partial charge on any atom is 0.338 e. The Morgan fingerprint density at radius 2 is 1.33 bits per heavy atom. The molecule has 96 valence electrons. The van der Waals surface area contributed by atoms with Crippen LogP contribution >= 0.6 is 0 Å². The monoisotopic (exact) mass is 251 g/mol. The van der Waals surface area contributed by atoms with Gasteiger partial charge in [0.1, 0.15) is 0 Å². The van der Waals surface area contributed by atoms with Gasteiger partial charge in [-0.15, -0.1) is 0 Å². The van der Waals surface area contributed by atoms with Gasteiger partial charge in [0.05, 0.1) is 25.4 Å². The fraction of sp³-hybridized carbons (Fsp3) is 0.250. The highest BCUT2D eigenvalue weighted by Gasteiger charge is 2.21. The summed E-state index contributed by atoms with van der Waals surface area (Å²) in [6, 6.07) is 0. The van der Waals surface area contributed by atoms with Crippen LogP contribution in [-0.4, -0.2) is 37.0 Å². The van der Waals surface area contributed by atoms with Gasteiger partial charge in [0.2, 0.25) is 5.91 Å². The van der Waals surface area contributed by atoms with Crippen LogP contribution in [0.15, 0.2) is 35.7 Å². The first kappa shape index (κ1) is 13.7. The highest BCUT2D eigenvalue weighted by molar-refractivity contribution is 6.04. The van der Waals surface area contributed by atoms with E-state index in [0.29, 0.717) is 0 Å². The van der Waals surface area contributed by atoms with Crippen LogP contribution in [-0.2, 0) is 23.9 Å². The molecule has 6 heteroatoms. The Labute approximate surface area is 104 Å². The van der Waals surface area contributed by atoms with Crippen LogP contribution < -0.4 is 0 Å². The Morgan fingerprint density at radius 3 is 1.61 bits per heavy atom. The number of carbonyl (C=O) groups is 3. The average Bonchev–Trinajstić information content (AvgIpc) is 2.59. The van der Waals surface area contributed by atoms with Crippen LogP contribution in [0.4, 0.5) is 0 Å². The van der Waals surface area contributed by atoms with Crippen molar-refractivity contribution in [2.45, 2.75) is 6.92 Å². The van der Waals surface area contributed by atoms with Gasteiger partial charge in [-0.2, -0.15) is 0 Å². The van der Waals surface area contributed by atoms with E-state index in [2.05, 4.69) is 9.47 Å². The second-order valence-corrected chi connectivity index (χ2v) is 3.37. The lowest BCUT2D eigenvalue weighted by Gasteiger charge is -2.07. The molecule has 1 amide bonds. The fourth-order valence-electron chi connectivity index (χ4n) is 1.32. The minimum atomic E-state index is -0.679. The van der Waals surface area contributed by atoms with Gasteiger partial charge in [0, 0.05) is 19.3 Å². The molecule has 0 bridgehead atoms. The molecule has 0 N–H and O–H groups in total. The maximum atomic E-state index is 11.6. The predicted octanol–water partition coefficient (Wildman–Crippen LogP) is 0.518. The first-order valence-electron chi connectivity index (χ1n) is 5.07. The molecular weight excluding hydrogens is 238 g/mol. The van der Waals surface area contributed by atoms with Crippen LogP contribution in [0.2, 0.25) is 0 Å². The molecule has 0 saturated carbocycles. The number of esters is 2. The fourth-order valence-corrected chi connectivity index (χ4v) is 1.32. The van der Waals surface area contributed by atoms with Crippen molar-refractivity contribution in [1.82, 2.24) is 4.90 Å². The third-order valence-corrected chi connectivity index (χ3v) is 2.27. The van der Waals surface area contributed by atoms with Crippen LogP contribution in [0.3, 0.4) is 0 Å². The van der Waals surface area contributed by atoms with Crippen LogP contribution in [0.25, 0.3) is 0 Å². The number of nitrogens with zero attached hydrogens (tertiary/aromatic N) is 1. The smallest absolute Gasteiger partial charge is 0.338 e. The van der Waals surface area contributed by atoms with Crippen molar-refractivity contribution >= 4 is 17.8 Å². The zero-order valence-corrected chi connectivity index (χ0v) is 10.3. The summed E-state index contributed by atoms with van der Waals surface area (Å²) in [6.45, 7) is 1.36. The van der Waals surface area contributed by atoms with E-state index in [1.165, 1.54) is 50.6 Å². The summed E-state index contributed by atoms with van der Waals surface area (Å²) in [4.78, 5) is 35.6. The van der Waals surface area contributed by atoms with E-state index in [1.54, 1.807) is 0 Å². The molecule has 0 aromatic rings. The molecule has 0 unspecified atom stereocenters. The van der Waals surface area contributed by atoms with Gasteiger partial charge in [-0.3, -0.25) is 9.69 Å². The topological polar surface area (TPSA) is 72.9 Å². The number of amides is 1. The van der Waals surface area contributed by atoms with Crippen molar-refractivity contribution in [3.63, 3.8) is 0 Å². The summed E-state index contributed by atoms with van der Waals surface area (Å²) in [6.07, 6.45) is 5.42. The molecule has 0 aliphatic carbocycles. The number of carbonyl (C=O) groups excluding carboxylic acids is 3. The molecule has 0 spiro atoms. The van der Waals surface area contributed by atoms with E-state index in [0.717, 1.165) is 0 Å². The van der Waals surface area contributed by atoms with Crippen molar-refractivity contribution in [3.8, 4) is 0 Å². The normalized spacial score (nSPS) is 14.3. The lowest BCUT2D eigenvalue weighted by molar-refractivity contribution is -0.138. The van der Waals surface area contributed by atoms with Crippen molar-refractivity contribution in [2.24, 2.45) is 0 Å². The minimum absolute atomic E-state index is 0.0318. The van der Waals surface area contributed by atoms with E-state index in [4.69, 9.17) is 0 Å². The Bertz CT molecular complexity index is 437. The van der Waals surface area contributed by atoms with Gasteiger partial charge in [-0.1, -0.05) is 0 Å². The van der Waals surface area contributed by atoms with E-state index < -0.39 is 11.9 Å². The lowest BCUT2D eigenvalue weighted by atomic mass is 10.1. The summed E-state index contributed by atoms with van der Waals surface area (Å²) < 4.78 is 9.15. The minimum Gasteiger partial charge on any atom is -0.465 e. The molecule has 6 nitrogen and oxygen atoms in total. The second-order valence-electron chi connectivity index (χ2n) is 3.37. The van der Waals surface area contributed by atoms with Gasteiger partial charge in [0.15, 0.2) is 0 Å². The molecule has 18 heavy (non-hydrogen) atoms. The maximum absolute atomic E-state index is 11.6. The van der Waals surface area contributed by atoms with Crippen molar-refractivity contribution < 1.29 is 23.9 Å². The quantitative estimate of drug-likeness (QED) is 0.669. The molecule has 1 aliphatic rings. The van der Waals surface area contributed by atoms with Crippen molar-refractivity contribution in [3.05, 3.63) is 35.7 Å². The molecule has 1 heterocycles. The van der Waals surface area contributed by atoms with E-state index in [-0.39, 0.29) is 17.1 Å². The zero-order valence-electron chi connectivity index (χ0n) is 10.3. The Kier molecular flexibility index (Phi) is 4.42. The standard InChI is InChI=1S/C12H13NO5/c1-8(14)13-6-4-9(11(15)17-2)10(5-7-13)12(16)18-3/h4-7H,1-3H3. The summed E-state index contributed by atoms with van der Waals surface area (Å²) in [5.41, 5.74) is 0.0636. The van der Waals surface area contributed by atoms with Crippen LogP contribution in [0.1, 0.15) is 6.92 Å². The summed E-state index contributed by atoms with van der Waals surface area (Å²) >= 11 is 0. The van der Waals surface area contributed by atoms with Gasteiger partial charge in [0.25, 0.3) is 0 Å². The first-order valence-corrected chi connectivity index (χ1v) is 5.07. The summed E-state index contributed by atoms with van der Waals surface area (Å²) in [7, 11) is 2.41. The molecule has 0 fully saturated rings. The Hall–Kier alpha value is -2.37. The SMILES string of the molecule is COC(=O)C1=C(C(=O)OC)C=CN(C(C)=O)C=C1. The molecule has 0 radical (unpaired) electrons. The largest absolute Gasteiger partial charge is 0.465 e. The number of rotatable bonds is 2. The molecule has 1 rings (SSSR count). The number of hydrogen-bond donors (Lipinski definition) is 0. The lowest BCUT2D eigenvalue weighted by Crippen LogP contribution is -2.15. The van der Waals surface area contributed by atoms with E-state index in [1.807, 2.05) is 0 Å². The van der Waals surface area contributed by atoms with E-state index in [9.17, 15) is 14.4 Å². The zero-order chi connectivity index (χ0) is 13.7. The third-order valence-electron chi connectivity index (χ3n) is 2.27. The molecule has 0 aromatic heterocycles. The van der Waals surface area contributed by atoms with E-state index >= 15 is 0 Å². The van der Waals surface area contributed by atoms with Gasteiger partial charge >= 0.3 is 11.9 Å². The number of ether oxygens (including phenoxy) is 2. The highest BCUT2D eigenvalue weighted by Crippen LogP contribution is 2.16. The number of hydrogen-bond acceptors (Lipinski definition) is 5. The first-order chi connectivity index (χ1) is 8.51. The van der Waals surface area contributed by atoms with Gasteiger partial charge in [-0.05, 0) is 12.2 Å². The molecule has 1 aliphatic heterocycles. The third kappa shape index (κ3) is 2.85. The summed E-state index contributed by atoms with van der Waals surface area (Å²) in [5, 5.41) is 0. The Morgan fingerprint density at radius 1 is 0.944 bits per heavy atom. The predicted molar refractivity (Wildman–Crippen MR) is 61.9 cm³/mol. The van der Waals surface area contributed by atoms with Crippen molar-refractivity contribution in [2.75, 3.05) is 14.2 Å². The van der Waals surface area contributed by atoms with Crippen LogP contribution in [0, 0.1) is 0 Å². The molecule has 0 saturated heterocycles. The Balaban J connectivity index is 3.25. The van der Waals surface area contributed by atoms with Gasteiger partial charge < -0.3 is 9.47 Å². The highest BCUT2D eigenvalue weighted by atomic mass is 16.5. The molecule has 0 aromatic carbocycles. The second kappa shape index (κ2) is 5.81. The van der Waals surface area contributed by atoms with Crippen LogP contribution in [0.5, 0.6) is 0 Å². The van der Waals surface area contributed by atoms with Gasteiger partial charge in [-0.25, -0.2) is 9.59 Å². The number of methoxy groups -OCH3 is 2. The summed E-state index contributed by atoms with van der Waals surface area (Å²) in [5.74, 6) is -1.61. The average molecular weight is 251 g/mol. The molecule has 0 atom stereocenters.